The predicted molar refractivity (Wildman–Crippen MR) is 69.8 cm³/mol. The van der Waals surface area contributed by atoms with Crippen LogP contribution >= 0.6 is 50.7 Å². The Morgan fingerprint density at radius 3 is 2.41 bits per heavy atom. The van der Waals surface area contributed by atoms with E-state index in [4.69, 9.17) is 39.3 Å². The molecule has 0 saturated heterocycles. The summed E-state index contributed by atoms with van der Waals surface area (Å²) in [7, 11) is 0. The zero-order chi connectivity index (χ0) is 12.6. The van der Waals surface area contributed by atoms with E-state index in [2.05, 4.69) is 21.1 Å². The molecule has 0 saturated carbocycles. The number of nitrogens with zero attached hydrogens (tertiary/aromatic N) is 1. The number of halogens is 4. The number of hydrogen-bond donors (Lipinski definition) is 0. The summed E-state index contributed by atoms with van der Waals surface area (Å²) in [6.07, 6.45) is 0. The van der Waals surface area contributed by atoms with Crippen molar-refractivity contribution in [2.75, 3.05) is 0 Å². The van der Waals surface area contributed by atoms with Gasteiger partial charge in [0, 0.05) is 5.56 Å². The van der Waals surface area contributed by atoms with E-state index in [1.165, 1.54) is 0 Å². The van der Waals surface area contributed by atoms with E-state index < -0.39 is 5.24 Å². The molecule has 0 spiro atoms. The molecule has 1 heterocycles. The third-order valence-corrected chi connectivity index (χ3v) is 3.41. The summed E-state index contributed by atoms with van der Waals surface area (Å²) in [6, 6.07) is 4.95. The normalized spacial score (nSPS) is 10.6. The number of carbonyl (C=O) groups is 1. The summed E-state index contributed by atoms with van der Waals surface area (Å²) in [5.74, 6) is 0. The maximum absolute atomic E-state index is 11.3. The predicted octanol–water partition coefficient (Wildman–Crippen LogP) is 4.79. The minimum absolute atomic E-state index is 0.0988. The lowest BCUT2D eigenvalue weighted by Crippen LogP contribution is -1.93. The van der Waals surface area contributed by atoms with Crippen LogP contribution in [0.4, 0.5) is 0 Å². The fourth-order valence-electron chi connectivity index (χ4n) is 1.34. The quantitative estimate of drug-likeness (QED) is 0.728. The van der Waals surface area contributed by atoms with E-state index in [0.717, 1.165) is 0 Å². The Hall–Kier alpha value is -0.550. The third kappa shape index (κ3) is 2.36. The van der Waals surface area contributed by atoms with Crippen LogP contribution in [-0.4, -0.2) is 10.4 Å². The van der Waals surface area contributed by atoms with Crippen LogP contribution in [0, 0.1) is 0 Å². The number of benzene rings is 1. The first-order valence-corrected chi connectivity index (χ1v) is 6.24. The molecule has 0 bridgehead atoms. The second-order valence-corrected chi connectivity index (χ2v) is 4.93. The highest BCUT2D eigenvalue weighted by molar-refractivity contribution is 9.10. The molecule has 7 heteroatoms. The average molecular weight is 355 g/mol. The molecule has 2 rings (SSSR count). The second kappa shape index (κ2) is 4.98. The smallest absolute Gasteiger partial charge is 0.259 e. The Bertz CT molecular complexity index is 577. The van der Waals surface area contributed by atoms with Crippen molar-refractivity contribution in [3.05, 3.63) is 38.5 Å². The van der Waals surface area contributed by atoms with Crippen LogP contribution in [0.1, 0.15) is 10.4 Å². The van der Waals surface area contributed by atoms with Crippen molar-refractivity contribution in [1.29, 1.82) is 0 Å². The lowest BCUT2D eigenvalue weighted by molar-refractivity contribution is 0.108. The molecule has 0 N–H and O–H groups in total. The van der Waals surface area contributed by atoms with Gasteiger partial charge in [-0.15, -0.1) is 0 Å². The van der Waals surface area contributed by atoms with Crippen LogP contribution in [0.5, 0.6) is 0 Å². The Kier molecular flexibility index (Phi) is 3.78. The van der Waals surface area contributed by atoms with Crippen LogP contribution in [0.3, 0.4) is 0 Å². The van der Waals surface area contributed by atoms with E-state index in [1.807, 2.05) is 0 Å². The maximum Gasteiger partial charge on any atom is 0.259 e. The summed E-state index contributed by atoms with van der Waals surface area (Å²) in [5, 5.41) is 3.75. The monoisotopic (exact) mass is 353 g/mol. The minimum atomic E-state index is -0.705. The van der Waals surface area contributed by atoms with Crippen molar-refractivity contribution in [2.24, 2.45) is 0 Å². The molecule has 17 heavy (non-hydrogen) atoms. The van der Waals surface area contributed by atoms with Gasteiger partial charge < -0.3 is 4.52 Å². The van der Waals surface area contributed by atoms with Gasteiger partial charge in [-0.1, -0.05) is 34.4 Å². The van der Waals surface area contributed by atoms with Gasteiger partial charge in [0.25, 0.3) is 5.24 Å². The molecule has 0 aliphatic carbocycles. The second-order valence-electron chi connectivity index (χ2n) is 3.05. The zero-order valence-corrected chi connectivity index (χ0v) is 11.9. The molecule has 0 fully saturated rings. The summed E-state index contributed by atoms with van der Waals surface area (Å²) in [5.41, 5.74) is 0.725. The topological polar surface area (TPSA) is 43.1 Å². The molecular formula is C10H3BrCl3NO2. The molecule has 3 nitrogen and oxygen atoms in total. The molecule has 0 amide bonds. The highest BCUT2D eigenvalue weighted by Crippen LogP contribution is 2.38. The molecular weight excluding hydrogens is 352 g/mol. The Balaban J connectivity index is 2.73. The van der Waals surface area contributed by atoms with Gasteiger partial charge in [-0.2, -0.15) is 0 Å². The highest BCUT2D eigenvalue weighted by Gasteiger charge is 2.24. The van der Waals surface area contributed by atoms with Crippen LogP contribution in [0.25, 0.3) is 11.3 Å². The van der Waals surface area contributed by atoms with Gasteiger partial charge in [-0.05, 0) is 39.7 Å². The first-order valence-electron chi connectivity index (χ1n) is 4.31. The van der Waals surface area contributed by atoms with E-state index in [1.54, 1.807) is 18.2 Å². The van der Waals surface area contributed by atoms with Gasteiger partial charge in [0.05, 0.1) is 10.0 Å². The molecule has 0 aliphatic heterocycles. The fraction of sp³-hybridized carbons (Fsp3) is 0. The zero-order valence-electron chi connectivity index (χ0n) is 8.01. The maximum atomic E-state index is 11.3. The van der Waals surface area contributed by atoms with Gasteiger partial charge in [0.15, 0.2) is 0 Å². The lowest BCUT2D eigenvalue weighted by Gasteiger charge is -2.03. The standard InChI is InChI=1S/C10H3BrCl3NO2/c11-9-7(10(14)16)8(15-17-9)6-4(12)2-1-3-5(6)13/h1-3H. The van der Waals surface area contributed by atoms with E-state index in [9.17, 15) is 4.79 Å². The van der Waals surface area contributed by atoms with E-state index >= 15 is 0 Å². The summed E-state index contributed by atoms with van der Waals surface area (Å²) < 4.78 is 5.01. The van der Waals surface area contributed by atoms with Gasteiger partial charge in [0.1, 0.15) is 11.3 Å². The summed E-state index contributed by atoms with van der Waals surface area (Å²) in [6.45, 7) is 0. The molecule has 0 atom stereocenters. The van der Waals surface area contributed by atoms with Gasteiger partial charge in [-0.3, -0.25) is 4.79 Å². The Labute approximate surface area is 120 Å². The third-order valence-electron chi connectivity index (χ3n) is 2.05. The van der Waals surface area contributed by atoms with Crippen molar-refractivity contribution < 1.29 is 9.32 Å². The van der Waals surface area contributed by atoms with Gasteiger partial charge in [-0.25, -0.2) is 0 Å². The highest BCUT2D eigenvalue weighted by atomic mass is 79.9. The summed E-state index contributed by atoms with van der Waals surface area (Å²) >= 11 is 20.5. The minimum Gasteiger partial charge on any atom is -0.348 e. The molecule has 0 aliphatic rings. The van der Waals surface area contributed by atoms with Crippen LogP contribution in [0.15, 0.2) is 27.4 Å². The van der Waals surface area contributed by atoms with Crippen molar-refractivity contribution in [3.63, 3.8) is 0 Å². The first kappa shape index (κ1) is 12.9. The molecule has 0 unspecified atom stereocenters. The van der Waals surface area contributed by atoms with E-state index in [-0.39, 0.29) is 15.9 Å². The van der Waals surface area contributed by atoms with E-state index in [0.29, 0.717) is 15.6 Å². The fourth-order valence-corrected chi connectivity index (χ4v) is 2.64. The Morgan fingerprint density at radius 1 is 1.29 bits per heavy atom. The Morgan fingerprint density at radius 2 is 1.88 bits per heavy atom. The molecule has 2 aromatic rings. The van der Waals surface area contributed by atoms with Crippen molar-refractivity contribution in [1.82, 2.24) is 5.16 Å². The van der Waals surface area contributed by atoms with Crippen molar-refractivity contribution in [3.8, 4) is 11.3 Å². The van der Waals surface area contributed by atoms with Crippen molar-refractivity contribution in [2.45, 2.75) is 0 Å². The molecule has 1 aromatic carbocycles. The van der Waals surface area contributed by atoms with Crippen LogP contribution in [-0.2, 0) is 0 Å². The van der Waals surface area contributed by atoms with Crippen molar-refractivity contribution >= 4 is 56.0 Å². The first-order chi connectivity index (χ1) is 8.02. The molecule has 1 aromatic heterocycles. The molecule has 88 valence electrons. The number of hydrogen-bond acceptors (Lipinski definition) is 3. The largest absolute Gasteiger partial charge is 0.348 e. The van der Waals surface area contributed by atoms with Crippen LogP contribution in [0.2, 0.25) is 10.0 Å². The number of aromatic nitrogens is 1. The number of rotatable bonds is 2. The SMILES string of the molecule is O=C(Cl)c1c(-c2c(Cl)cccc2Cl)noc1Br. The molecule has 0 radical (unpaired) electrons. The lowest BCUT2D eigenvalue weighted by atomic mass is 10.1. The number of carbonyl (C=O) groups excluding carboxylic acids is 1. The average Bonchev–Trinajstić information content (AvgIpc) is 2.60. The van der Waals surface area contributed by atoms with Gasteiger partial charge >= 0.3 is 0 Å². The summed E-state index contributed by atoms with van der Waals surface area (Å²) in [4.78, 5) is 11.3. The van der Waals surface area contributed by atoms with Gasteiger partial charge in [0.2, 0.25) is 4.67 Å². The van der Waals surface area contributed by atoms with Crippen LogP contribution < -0.4 is 0 Å².